The summed E-state index contributed by atoms with van der Waals surface area (Å²) in [6, 6.07) is 7.99. The number of piperazine rings is 1. The fraction of sp³-hybridized carbons (Fsp3) is 0.227. The average molecular weight is 411 g/mol. The van der Waals surface area contributed by atoms with E-state index in [0.717, 1.165) is 70.9 Å². The minimum Gasteiger partial charge on any atom is -0.352 e. The molecule has 0 spiro atoms. The van der Waals surface area contributed by atoms with Gasteiger partial charge in [0.05, 0.1) is 10.9 Å². The second kappa shape index (κ2) is 7.13. The normalized spacial score (nSPS) is 15.2. The van der Waals surface area contributed by atoms with Crippen LogP contribution in [0, 0.1) is 0 Å². The smallest absolute Gasteiger partial charge is 0.159 e. The Kier molecular flexibility index (Phi) is 4.13. The fourth-order valence-corrected chi connectivity index (χ4v) is 4.07. The van der Waals surface area contributed by atoms with Gasteiger partial charge in [0.2, 0.25) is 0 Å². The third-order valence-electron chi connectivity index (χ3n) is 5.84. The Morgan fingerprint density at radius 3 is 2.61 bits per heavy atom. The molecule has 0 bridgehead atoms. The summed E-state index contributed by atoms with van der Waals surface area (Å²) in [7, 11) is 2.15. The molecular formula is C22H21N9. The molecule has 0 amide bonds. The van der Waals surface area contributed by atoms with E-state index in [4.69, 9.17) is 4.98 Å². The van der Waals surface area contributed by atoms with Crippen LogP contribution in [0.3, 0.4) is 0 Å². The topological polar surface area (TPSA) is 103 Å². The number of anilines is 1. The number of aromatic amines is 2. The Morgan fingerprint density at radius 1 is 0.935 bits per heavy atom. The molecule has 0 aromatic carbocycles. The molecule has 9 nitrogen and oxygen atoms in total. The van der Waals surface area contributed by atoms with Crippen LogP contribution in [0.5, 0.6) is 0 Å². The van der Waals surface area contributed by atoms with Gasteiger partial charge in [0.1, 0.15) is 11.2 Å². The highest BCUT2D eigenvalue weighted by atomic mass is 15.3. The van der Waals surface area contributed by atoms with Gasteiger partial charge in [-0.25, -0.2) is 15.0 Å². The molecule has 6 rings (SSSR count). The molecule has 1 aliphatic rings. The summed E-state index contributed by atoms with van der Waals surface area (Å²) < 4.78 is 0. The molecule has 1 saturated heterocycles. The van der Waals surface area contributed by atoms with E-state index in [-0.39, 0.29) is 0 Å². The summed E-state index contributed by atoms with van der Waals surface area (Å²) in [6.07, 6.45) is 7.24. The number of hydrogen-bond acceptors (Lipinski definition) is 7. The van der Waals surface area contributed by atoms with Crippen molar-refractivity contribution in [3.05, 3.63) is 49.1 Å². The van der Waals surface area contributed by atoms with Crippen molar-refractivity contribution in [2.45, 2.75) is 0 Å². The Balaban J connectivity index is 1.44. The van der Waals surface area contributed by atoms with Crippen LogP contribution in [0.15, 0.2) is 49.1 Å². The van der Waals surface area contributed by atoms with Crippen molar-refractivity contribution in [2.75, 3.05) is 38.1 Å². The van der Waals surface area contributed by atoms with Crippen LogP contribution >= 0.6 is 0 Å². The molecule has 0 unspecified atom stereocenters. The van der Waals surface area contributed by atoms with E-state index in [2.05, 4.69) is 53.0 Å². The van der Waals surface area contributed by atoms with Gasteiger partial charge in [-0.3, -0.25) is 10.1 Å². The van der Waals surface area contributed by atoms with E-state index >= 15 is 0 Å². The summed E-state index contributed by atoms with van der Waals surface area (Å²) >= 11 is 0. The molecule has 0 aliphatic carbocycles. The lowest BCUT2D eigenvalue weighted by atomic mass is 10.1. The van der Waals surface area contributed by atoms with Crippen molar-refractivity contribution in [1.82, 2.24) is 40.0 Å². The molecule has 6 heterocycles. The lowest BCUT2D eigenvalue weighted by Gasteiger charge is -2.33. The highest BCUT2D eigenvalue weighted by Crippen LogP contribution is 2.31. The molecule has 154 valence electrons. The van der Waals surface area contributed by atoms with Gasteiger partial charge in [0, 0.05) is 56.5 Å². The highest BCUT2D eigenvalue weighted by molar-refractivity contribution is 5.95. The van der Waals surface area contributed by atoms with Gasteiger partial charge < -0.3 is 14.8 Å². The van der Waals surface area contributed by atoms with Gasteiger partial charge in [-0.2, -0.15) is 5.10 Å². The first-order valence-electron chi connectivity index (χ1n) is 10.3. The van der Waals surface area contributed by atoms with Gasteiger partial charge in [-0.1, -0.05) is 0 Å². The molecule has 1 aliphatic heterocycles. The molecular weight excluding hydrogens is 390 g/mol. The van der Waals surface area contributed by atoms with Crippen LogP contribution < -0.4 is 4.90 Å². The van der Waals surface area contributed by atoms with Gasteiger partial charge in [-0.05, 0) is 36.9 Å². The fourth-order valence-electron chi connectivity index (χ4n) is 4.07. The molecule has 0 atom stereocenters. The lowest BCUT2D eigenvalue weighted by molar-refractivity contribution is 0.312. The predicted molar refractivity (Wildman–Crippen MR) is 120 cm³/mol. The van der Waals surface area contributed by atoms with Crippen LogP contribution in [0.25, 0.3) is 44.7 Å². The average Bonchev–Trinajstić information content (AvgIpc) is 3.43. The number of pyridine rings is 3. The number of imidazole rings is 1. The van der Waals surface area contributed by atoms with Crippen molar-refractivity contribution < 1.29 is 0 Å². The van der Waals surface area contributed by atoms with Crippen molar-refractivity contribution >= 4 is 27.9 Å². The van der Waals surface area contributed by atoms with E-state index in [0.29, 0.717) is 5.82 Å². The van der Waals surface area contributed by atoms with Crippen molar-refractivity contribution in [1.29, 1.82) is 0 Å². The zero-order valence-corrected chi connectivity index (χ0v) is 17.1. The minimum atomic E-state index is 0.707. The van der Waals surface area contributed by atoms with Crippen LogP contribution in [-0.2, 0) is 0 Å². The lowest BCUT2D eigenvalue weighted by Crippen LogP contribution is -2.44. The van der Waals surface area contributed by atoms with E-state index in [1.165, 1.54) is 0 Å². The highest BCUT2D eigenvalue weighted by Gasteiger charge is 2.21. The van der Waals surface area contributed by atoms with E-state index in [1.807, 2.05) is 30.6 Å². The number of hydrogen-bond donors (Lipinski definition) is 2. The van der Waals surface area contributed by atoms with E-state index in [9.17, 15) is 0 Å². The van der Waals surface area contributed by atoms with Crippen LogP contribution in [0.1, 0.15) is 0 Å². The number of H-pyrrole nitrogens is 2. The molecule has 0 saturated carbocycles. The number of rotatable bonds is 3. The molecule has 9 heteroatoms. The monoisotopic (exact) mass is 411 g/mol. The number of aromatic nitrogens is 7. The van der Waals surface area contributed by atoms with Crippen LogP contribution in [0.4, 0.5) is 5.82 Å². The first-order chi connectivity index (χ1) is 15.3. The number of likely N-dealkylation sites (N-methyl/N-ethyl adjacent to an activating group) is 1. The molecule has 0 radical (unpaired) electrons. The Labute approximate surface area is 178 Å². The van der Waals surface area contributed by atoms with Crippen molar-refractivity contribution in [3.63, 3.8) is 0 Å². The van der Waals surface area contributed by atoms with Crippen molar-refractivity contribution in [3.8, 4) is 22.6 Å². The van der Waals surface area contributed by atoms with Crippen molar-refractivity contribution in [2.24, 2.45) is 0 Å². The molecule has 5 aromatic heterocycles. The second-order valence-electron chi connectivity index (χ2n) is 7.83. The first kappa shape index (κ1) is 18.0. The van der Waals surface area contributed by atoms with Crippen LogP contribution in [0.2, 0.25) is 0 Å². The van der Waals surface area contributed by atoms with Gasteiger partial charge in [-0.15, -0.1) is 0 Å². The van der Waals surface area contributed by atoms with Gasteiger partial charge in [0.15, 0.2) is 17.3 Å². The standard InChI is InChI=1S/C22H21N9/c1-30-8-10-31(11-9-30)22-19-17(4-7-24-22)26-21(27-19)18-16-12-15(13-25-20(16)29-28-18)14-2-5-23-6-3-14/h2-7,12-13H,8-11H2,1H3,(H,26,27)(H,25,28,29). The number of nitrogens with one attached hydrogen (secondary N) is 2. The quantitative estimate of drug-likeness (QED) is 0.471. The zero-order chi connectivity index (χ0) is 20.8. The first-order valence-corrected chi connectivity index (χ1v) is 10.3. The van der Waals surface area contributed by atoms with Crippen LogP contribution in [-0.4, -0.2) is 73.2 Å². The SMILES string of the molecule is CN1CCN(c2nccc3[nH]c(-c4n[nH]c5ncc(-c6ccncc6)cc45)nc23)CC1. The molecule has 31 heavy (non-hydrogen) atoms. The zero-order valence-electron chi connectivity index (χ0n) is 17.1. The van der Waals surface area contributed by atoms with E-state index < -0.39 is 0 Å². The minimum absolute atomic E-state index is 0.707. The number of fused-ring (bicyclic) bond motifs is 2. The summed E-state index contributed by atoms with van der Waals surface area (Å²) in [5.74, 6) is 1.63. The predicted octanol–water partition coefficient (Wildman–Crippen LogP) is 2.71. The van der Waals surface area contributed by atoms with Gasteiger partial charge in [0.25, 0.3) is 0 Å². The summed E-state index contributed by atoms with van der Waals surface area (Å²) in [5, 5.41) is 8.46. The largest absolute Gasteiger partial charge is 0.352 e. The molecule has 2 N–H and O–H groups in total. The Morgan fingerprint density at radius 2 is 1.77 bits per heavy atom. The maximum Gasteiger partial charge on any atom is 0.159 e. The Bertz CT molecular complexity index is 1360. The second-order valence-corrected chi connectivity index (χ2v) is 7.83. The maximum absolute atomic E-state index is 4.91. The van der Waals surface area contributed by atoms with Gasteiger partial charge >= 0.3 is 0 Å². The summed E-state index contributed by atoms with van der Waals surface area (Å²) in [5.41, 5.74) is 5.37. The summed E-state index contributed by atoms with van der Waals surface area (Å²) in [6.45, 7) is 3.91. The van der Waals surface area contributed by atoms with E-state index in [1.54, 1.807) is 12.4 Å². The third kappa shape index (κ3) is 3.10. The summed E-state index contributed by atoms with van der Waals surface area (Å²) in [4.78, 5) is 26.3. The Hall–Kier alpha value is -3.85. The molecule has 5 aromatic rings. The molecule has 1 fully saturated rings. The maximum atomic E-state index is 4.91. The number of nitrogens with zero attached hydrogens (tertiary/aromatic N) is 7. The third-order valence-corrected chi connectivity index (χ3v) is 5.84.